The van der Waals surface area contributed by atoms with Crippen molar-refractivity contribution in [2.24, 2.45) is 0 Å². The Kier molecular flexibility index (Phi) is 4.05. The third-order valence-electron chi connectivity index (χ3n) is 3.36. The minimum absolute atomic E-state index is 0.168. The molecule has 0 saturated carbocycles. The van der Waals surface area contributed by atoms with Crippen molar-refractivity contribution in [1.82, 2.24) is 10.1 Å². The van der Waals surface area contributed by atoms with Crippen molar-refractivity contribution in [2.75, 3.05) is 26.3 Å². The van der Waals surface area contributed by atoms with Gasteiger partial charge < -0.3 is 19.3 Å². The smallest absolute Gasteiger partial charge is 0.260 e. The van der Waals surface area contributed by atoms with E-state index in [1.165, 1.54) is 11.3 Å². The van der Waals surface area contributed by atoms with E-state index in [-0.39, 0.29) is 11.7 Å². The van der Waals surface area contributed by atoms with Crippen LogP contribution >= 0.6 is 11.3 Å². The Morgan fingerprint density at radius 2 is 2.24 bits per heavy atom. The number of aliphatic hydroxyl groups is 1. The highest BCUT2D eigenvalue weighted by molar-refractivity contribution is 7.13. The zero-order valence-electron chi connectivity index (χ0n) is 11.6. The second-order valence-corrected chi connectivity index (χ2v) is 5.78. The van der Waals surface area contributed by atoms with Crippen molar-refractivity contribution in [1.29, 1.82) is 0 Å². The Morgan fingerprint density at radius 1 is 1.48 bits per heavy atom. The first-order chi connectivity index (χ1) is 10.2. The number of carbonyl (C=O) groups excluding carboxylic acids is 1. The van der Waals surface area contributed by atoms with Crippen molar-refractivity contribution in [3.63, 3.8) is 0 Å². The molecule has 0 bridgehead atoms. The lowest BCUT2D eigenvalue weighted by Crippen LogP contribution is -2.41. The Balaban J connectivity index is 2.01. The third kappa shape index (κ3) is 2.72. The molecule has 0 spiro atoms. The third-order valence-corrected chi connectivity index (χ3v) is 4.24. The van der Waals surface area contributed by atoms with Crippen LogP contribution in [0.4, 0.5) is 0 Å². The van der Waals surface area contributed by atoms with Crippen LogP contribution < -0.4 is 0 Å². The number of hydrogen-bond donors (Lipinski definition) is 1. The molecule has 1 unspecified atom stereocenters. The van der Waals surface area contributed by atoms with Crippen LogP contribution in [0.15, 0.2) is 22.0 Å². The van der Waals surface area contributed by atoms with Gasteiger partial charge in [-0.15, -0.1) is 11.3 Å². The molecular weight excluding hydrogens is 292 g/mol. The zero-order chi connectivity index (χ0) is 14.8. The molecule has 1 fully saturated rings. The summed E-state index contributed by atoms with van der Waals surface area (Å²) in [6.45, 7) is 3.68. The Hall–Kier alpha value is -1.70. The lowest BCUT2D eigenvalue weighted by Gasteiger charge is -2.27. The van der Waals surface area contributed by atoms with Gasteiger partial charge in [0.15, 0.2) is 5.76 Å². The van der Waals surface area contributed by atoms with Crippen LogP contribution in [-0.4, -0.2) is 47.4 Å². The summed E-state index contributed by atoms with van der Waals surface area (Å²) in [5.74, 6) is 0.0498. The van der Waals surface area contributed by atoms with Gasteiger partial charge in [-0.2, -0.15) is 0 Å². The SMILES string of the molecule is CC(O)c1onc(-c2cccs2)c1C(=O)N1CCOCC1. The standard InChI is InChI=1S/C14H16N2O4S/c1-9(17)13-11(14(18)16-4-6-19-7-5-16)12(15-20-13)10-3-2-8-21-10/h2-3,8-9,17H,4-7H2,1H3. The molecule has 1 amide bonds. The van der Waals surface area contributed by atoms with E-state index in [4.69, 9.17) is 9.26 Å². The van der Waals surface area contributed by atoms with Crippen molar-refractivity contribution in [3.05, 3.63) is 28.8 Å². The Morgan fingerprint density at radius 3 is 2.86 bits per heavy atom. The number of ether oxygens (including phenoxy) is 1. The Labute approximate surface area is 125 Å². The molecule has 0 aromatic carbocycles. The molecule has 1 saturated heterocycles. The van der Waals surface area contributed by atoms with Crippen molar-refractivity contribution >= 4 is 17.2 Å². The van der Waals surface area contributed by atoms with Gasteiger partial charge >= 0.3 is 0 Å². The molecule has 1 atom stereocenters. The van der Waals surface area contributed by atoms with Gasteiger partial charge in [-0.1, -0.05) is 11.2 Å². The van der Waals surface area contributed by atoms with Crippen LogP contribution in [0.2, 0.25) is 0 Å². The monoisotopic (exact) mass is 308 g/mol. The van der Waals surface area contributed by atoms with E-state index in [1.54, 1.807) is 11.8 Å². The highest BCUT2D eigenvalue weighted by Gasteiger charge is 2.30. The quantitative estimate of drug-likeness (QED) is 0.937. The largest absolute Gasteiger partial charge is 0.385 e. The average molecular weight is 308 g/mol. The van der Waals surface area contributed by atoms with Crippen LogP contribution in [-0.2, 0) is 4.74 Å². The first kappa shape index (κ1) is 14.2. The molecule has 7 heteroatoms. The summed E-state index contributed by atoms with van der Waals surface area (Å²) in [5.41, 5.74) is 0.853. The summed E-state index contributed by atoms with van der Waals surface area (Å²) in [4.78, 5) is 15.3. The van der Waals surface area contributed by atoms with E-state index in [9.17, 15) is 9.90 Å². The number of hydrogen-bond acceptors (Lipinski definition) is 6. The molecule has 1 N–H and O–H groups in total. The molecule has 0 aliphatic carbocycles. The van der Waals surface area contributed by atoms with E-state index < -0.39 is 6.10 Å². The fourth-order valence-corrected chi connectivity index (χ4v) is 3.01. The van der Waals surface area contributed by atoms with E-state index in [1.807, 2.05) is 17.5 Å². The maximum absolute atomic E-state index is 12.8. The number of thiophene rings is 1. The number of nitrogens with zero attached hydrogens (tertiary/aromatic N) is 2. The summed E-state index contributed by atoms with van der Waals surface area (Å²) in [6, 6.07) is 3.77. The number of rotatable bonds is 3. The summed E-state index contributed by atoms with van der Waals surface area (Å²) in [7, 11) is 0. The first-order valence-electron chi connectivity index (χ1n) is 6.77. The molecule has 112 valence electrons. The summed E-state index contributed by atoms with van der Waals surface area (Å²) >= 11 is 1.48. The topological polar surface area (TPSA) is 75.8 Å². The van der Waals surface area contributed by atoms with Gasteiger partial charge in [-0.05, 0) is 18.4 Å². The minimum Gasteiger partial charge on any atom is -0.385 e. The normalized spacial score (nSPS) is 17.0. The van der Waals surface area contributed by atoms with Crippen molar-refractivity contribution < 1.29 is 19.2 Å². The number of aliphatic hydroxyl groups excluding tert-OH is 1. The van der Waals surface area contributed by atoms with Crippen LogP contribution in [0.25, 0.3) is 10.6 Å². The van der Waals surface area contributed by atoms with Gasteiger partial charge in [0.2, 0.25) is 0 Å². The van der Waals surface area contributed by atoms with Crippen molar-refractivity contribution in [2.45, 2.75) is 13.0 Å². The van der Waals surface area contributed by atoms with Crippen molar-refractivity contribution in [3.8, 4) is 10.6 Å². The second kappa shape index (κ2) is 5.97. The molecule has 6 nitrogen and oxygen atoms in total. The predicted octanol–water partition coefficient (Wildman–Crippen LogP) is 1.93. The van der Waals surface area contributed by atoms with Gasteiger partial charge in [0.25, 0.3) is 5.91 Å². The molecule has 2 aromatic rings. The Bertz CT molecular complexity index is 615. The molecule has 0 radical (unpaired) electrons. The molecule has 1 aliphatic heterocycles. The fraction of sp³-hybridized carbons (Fsp3) is 0.429. The van der Waals surface area contributed by atoms with Gasteiger partial charge in [0.1, 0.15) is 17.4 Å². The minimum atomic E-state index is -0.883. The van der Waals surface area contributed by atoms with Crippen LogP contribution in [0, 0.1) is 0 Å². The van der Waals surface area contributed by atoms with Gasteiger partial charge in [0, 0.05) is 13.1 Å². The summed E-state index contributed by atoms with van der Waals surface area (Å²) in [6.07, 6.45) is -0.883. The molecule has 21 heavy (non-hydrogen) atoms. The van der Waals surface area contributed by atoms with E-state index in [0.29, 0.717) is 37.6 Å². The lowest BCUT2D eigenvalue weighted by molar-refractivity contribution is 0.0298. The molecule has 1 aliphatic rings. The van der Waals surface area contributed by atoms with Crippen LogP contribution in [0.3, 0.4) is 0 Å². The van der Waals surface area contributed by atoms with Crippen LogP contribution in [0.1, 0.15) is 29.1 Å². The summed E-state index contributed by atoms with van der Waals surface area (Å²) < 4.78 is 10.5. The first-order valence-corrected chi connectivity index (χ1v) is 7.65. The maximum atomic E-state index is 12.8. The van der Waals surface area contributed by atoms with Crippen LogP contribution in [0.5, 0.6) is 0 Å². The van der Waals surface area contributed by atoms with Gasteiger partial charge in [0.05, 0.1) is 18.1 Å². The van der Waals surface area contributed by atoms with Gasteiger partial charge in [-0.3, -0.25) is 4.79 Å². The van der Waals surface area contributed by atoms with Gasteiger partial charge in [-0.25, -0.2) is 0 Å². The van der Waals surface area contributed by atoms with E-state index in [2.05, 4.69) is 5.16 Å². The van der Waals surface area contributed by atoms with E-state index >= 15 is 0 Å². The highest BCUT2D eigenvalue weighted by Crippen LogP contribution is 2.32. The maximum Gasteiger partial charge on any atom is 0.260 e. The summed E-state index contributed by atoms with van der Waals surface area (Å²) in [5, 5.41) is 15.7. The molecular formula is C14H16N2O4S. The number of amides is 1. The number of morpholine rings is 1. The number of aromatic nitrogens is 1. The molecule has 3 rings (SSSR count). The predicted molar refractivity (Wildman–Crippen MR) is 77.2 cm³/mol. The van der Waals surface area contributed by atoms with E-state index in [0.717, 1.165) is 4.88 Å². The lowest BCUT2D eigenvalue weighted by atomic mass is 10.1. The fourth-order valence-electron chi connectivity index (χ4n) is 2.30. The molecule has 2 aromatic heterocycles. The average Bonchev–Trinajstić information content (AvgIpc) is 3.16. The highest BCUT2D eigenvalue weighted by atomic mass is 32.1. The molecule has 3 heterocycles. The second-order valence-electron chi connectivity index (χ2n) is 4.83. The zero-order valence-corrected chi connectivity index (χ0v) is 12.4. The number of carbonyl (C=O) groups is 1.